The molecule has 0 radical (unpaired) electrons. The van der Waals surface area contributed by atoms with Crippen LogP contribution in [-0.4, -0.2) is 11.9 Å². The Labute approximate surface area is 129 Å². The molecule has 0 aliphatic heterocycles. The Morgan fingerprint density at radius 3 is 2.24 bits per heavy atom. The summed E-state index contributed by atoms with van der Waals surface area (Å²) in [5, 5.41) is 0. The van der Waals surface area contributed by atoms with Gasteiger partial charge in [-0.15, -0.1) is 0 Å². The van der Waals surface area contributed by atoms with Gasteiger partial charge in [-0.3, -0.25) is 0 Å². The second-order valence-corrected chi connectivity index (χ2v) is 6.60. The molecular formula is C19H28O2. The van der Waals surface area contributed by atoms with Crippen LogP contribution < -0.4 is 4.74 Å². The van der Waals surface area contributed by atoms with Gasteiger partial charge in [-0.2, -0.15) is 0 Å². The van der Waals surface area contributed by atoms with Crippen molar-refractivity contribution in [1.82, 2.24) is 0 Å². The summed E-state index contributed by atoms with van der Waals surface area (Å²) in [6.07, 6.45) is 5.19. The summed E-state index contributed by atoms with van der Waals surface area (Å²) in [5.41, 5.74) is 2.21. The Balaban J connectivity index is 2.09. The van der Waals surface area contributed by atoms with Crippen molar-refractivity contribution in [3.05, 3.63) is 36.4 Å². The second kappa shape index (κ2) is 6.65. The first kappa shape index (κ1) is 16.1. The molecular weight excluding hydrogens is 260 g/mol. The van der Waals surface area contributed by atoms with E-state index in [-0.39, 0.29) is 0 Å². The van der Waals surface area contributed by atoms with Crippen LogP contribution in [0.2, 0.25) is 0 Å². The molecule has 1 aromatic rings. The zero-order chi connectivity index (χ0) is 15.5. The quantitative estimate of drug-likeness (QED) is 0.650. The number of allylic oxidation sites excluding steroid dienone is 1. The van der Waals surface area contributed by atoms with Gasteiger partial charge in [0.1, 0.15) is 5.75 Å². The summed E-state index contributed by atoms with van der Waals surface area (Å²) in [6, 6.07) is 8.10. The molecule has 0 spiro atoms. The first-order valence-corrected chi connectivity index (χ1v) is 8.03. The fourth-order valence-electron chi connectivity index (χ4n) is 2.66. The molecule has 0 bridgehead atoms. The van der Waals surface area contributed by atoms with Crippen molar-refractivity contribution in [2.24, 2.45) is 5.92 Å². The molecule has 2 heteroatoms. The summed E-state index contributed by atoms with van der Waals surface area (Å²) < 4.78 is 12.5. The van der Waals surface area contributed by atoms with E-state index in [1.807, 2.05) is 31.2 Å². The number of hydrogen-bond acceptors (Lipinski definition) is 2. The van der Waals surface area contributed by atoms with Crippen LogP contribution in [0.3, 0.4) is 0 Å². The van der Waals surface area contributed by atoms with E-state index in [0.29, 0.717) is 12.0 Å². The minimum atomic E-state index is -0.570. The van der Waals surface area contributed by atoms with Crippen LogP contribution in [0.1, 0.15) is 58.9 Å². The highest BCUT2D eigenvalue weighted by molar-refractivity contribution is 5.61. The molecule has 21 heavy (non-hydrogen) atoms. The number of ether oxygens (including phenoxy) is 2. The van der Waals surface area contributed by atoms with Crippen molar-refractivity contribution in [2.45, 2.75) is 65.3 Å². The molecule has 2 rings (SSSR count). The zero-order valence-corrected chi connectivity index (χ0v) is 13.8. The van der Waals surface area contributed by atoms with E-state index in [4.69, 9.17) is 9.47 Å². The second-order valence-electron chi connectivity index (χ2n) is 6.60. The maximum atomic E-state index is 6.30. The average molecular weight is 288 g/mol. The van der Waals surface area contributed by atoms with E-state index in [1.165, 1.54) is 12.8 Å². The van der Waals surface area contributed by atoms with Crippen LogP contribution in [0.15, 0.2) is 30.8 Å². The molecule has 1 atom stereocenters. The van der Waals surface area contributed by atoms with Crippen LogP contribution >= 0.6 is 0 Å². The number of benzene rings is 1. The third-order valence-electron chi connectivity index (χ3n) is 4.42. The van der Waals surface area contributed by atoms with E-state index >= 15 is 0 Å². The lowest BCUT2D eigenvalue weighted by Crippen LogP contribution is -2.43. The summed E-state index contributed by atoms with van der Waals surface area (Å²) in [4.78, 5) is 0. The Hall–Kier alpha value is -1.28. The molecule has 1 unspecified atom stereocenters. The van der Waals surface area contributed by atoms with Gasteiger partial charge in [0, 0.05) is 12.8 Å². The van der Waals surface area contributed by atoms with Crippen molar-refractivity contribution in [3.63, 3.8) is 0 Å². The smallest absolute Gasteiger partial charge is 0.210 e. The molecule has 0 heterocycles. The first-order chi connectivity index (χ1) is 9.90. The average Bonchev–Trinajstić information content (AvgIpc) is 2.91. The molecule has 0 amide bonds. The van der Waals surface area contributed by atoms with Crippen molar-refractivity contribution in [2.75, 3.05) is 0 Å². The maximum Gasteiger partial charge on any atom is 0.210 e. The van der Waals surface area contributed by atoms with Crippen LogP contribution in [0.5, 0.6) is 5.75 Å². The molecule has 0 saturated heterocycles. The van der Waals surface area contributed by atoms with Crippen molar-refractivity contribution < 1.29 is 9.47 Å². The van der Waals surface area contributed by atoms with Gasteiger partial charge in [0.15, 0.2) is 0 Å². The topological polar surface area (TPSA) is 18.5 Å². The van der Waals surface area contributed by atoms with Gasteiger partial charge in [-0.05, 0) is 37.5 Å². The molecule has 1 aromatic carbocycles. The maximum absolute atomic E-state index is 6.30. The highest BCUT2D eigenvalue weighted by Crippen LogP contribution is 2.32. The van der Waals surface area contributed by atoms with E-state index in [1.54, 1.807) is 0 Å². The lowest BCUT2D eigenvalue weighted by molar-refractivity contribution is -0.223. The van der Waals surface area contributed by atoms with Crippen molar-refractivity contribution >= 4 is 5.57 Å². The van der Waals surface area contributed by atoms with Crippen molar-refractivity contribution in [3.8, 4) is 5.75 Å². The third kappa shape index (κ3) is 4.10. The SMILES string of the molecule is C=C(C)c1ccc(OC(C)(OC2CCCC2)C(C)C)cc1. The third-order valence-corrected chi connectivity index (χ3v) is 4.42. The molecule has 1 fully saturated rings. The normalized spacial score (nSPS) is 18.7. The lowest BCUT2D eigenvalue weighted by atomic mass is 10.0. The Kier molecular flexibility index (Phi) is 5.10. The molecule has 1 aliphatic carbocycles. The predicted octanol–water partition coefficient (Wildman–Crippen LogP) is 5.43. The molecule has 1 saturated carbocycles. The highest BCUT2D eigenvalue weighted by Gasteiger charge is 2.35. The van der Waals surface area contributed by atoms with Crippen LogP contribution in [0.4, 0.5) is 0 Å². The van der Waals surface area contributed by atoms with E-state index in [0.717, 1.165) is 29.7 Å². The number of hydrogen-bond donors (Lipinski definition) is 0. The van der Waals surface area contributed by atoms with Gasteiger partial charge in [-0.25, -0.2) is 0 Å². The van der Waals surface area contributed by atoms with Gasteiger partial charge < -0.3 is 9.47 Å². The van der Waals surface area contributed by atoms with Gasteiger partial charge in [0.05, 0.1) is 6.10 Å². The van der Waals surface area contributed by atoms with Crippen molar-refractivity contribution in [1.29, 1.82) is 0 Å². The van der Waals surface area contributed by atoms with Gasteiger partial charge in [0.25, 0.3) is 0 Å². The van der Waals surface area contributed by atoms with Gasteiger partial charge in [0.2, 0.25) is 5.79 Å². The molecule has 0 N–H and O–H groups in total. The minimum absolute atomic E-state index is 0.291. The molecule has 1 aliphatic rings. The summed E-state index contributed by atoms with van der Waals surface area (Å²) in [6.45, 7) is 12.3. The summed E-state index contributed by atoms with van der Waals surface area (Å²) >= 11 is 0. The predicted molar refractivity (Wildman–Crippen MR) is 88.4 cm³/mol. The minimum Gasteiger partial charge on any atom is -0.462 e. The first-order valence-electron chi connectivity index (χ1n) is 8.03. The molecule has 2 nitrogen and oxygen atoms in total. The van der Waals surface area contributed by atoms with E-state index in [2.05, 4.69) is 27.4 Å². The summed E-state index contributed by atoms with van der Waals surface area (Å²) in [7, 11) is 0. The largest absolute Gasteiger partial charge is 0.462 e. The molecule has 0 aromatic heterocycles. The fourth-order valence-corrected chi connectivity index (χ4v) is 2.66. The van der Waals surface area contributed by atoms with Gasteiger partial charge >= 0.3 is 0 Å². The zero-order valence-electron chi connectivity index (χ0n) is 13.8. The van der Waals surface area contributed by atoms with Crippen LogP contribution in [0.25, 0.3) is 5.57 Å². The molecule has 116 valence electrons. The number of rotatable bonds is 6. The Morgan fingerprint density at radius 2 is 1.76 bits per heavy atom. The monoisotopic (exact) mass is 288 g/mol. The highest BCUT2D eigenvalue weighted by atomic mass is 16.7. The van der Waals surface area contributed by atoms with Gasteiger partial charge in [-0.1, -0.05) is 51.0 Å². The van der Waals surface area contributed by atoms with E-state index < -0.39 is 5.79 Å². The lowest BCUT2D eigenvalue weighted by Gasteiger charge is -2.36. The Morgan fingerprint density at radius 1 is 1.19 bits per heavy atom. The van der Waals surface area contributed by atoms with Crippen LogP contribution in [-0.2, 0) is 4.74 Å². The summed E-state index contributed by atoms with van der Waals surface area (Å²) in [5.74, 6) is 0.577. The van der Waals surface area contributed by atoms with Crippen LogP contribution in [0, 0.1) is 5.92 Å². The Bertz CT molecular complexity index is 469. The van der Waals surface area contributed by atoms with E-state index in [9.17, 15) is 0 Å². The fraction of sp³-hybridized carbons (Fsp3) is 0.579. The standard InChI is InChI=1S/C19H28O2/c1-14(2)16-10-12-18(13-11-16)21-19(5,15(3)4)20-17-8-6-7-9-17/h10-13,15,17H,1,6-9H2,2-5H3.